The van der Waals surface area contributed by atoms with Gasteiger partial charge in [0, 0.05) is 5.56 Å². The number of para-hydroxylation sites is 1. The van der Waals surface area contributed by atoms with Crippen LogP contribution in [0.4, 0.5) is 4.79 Å². The summed E-state index contributed by atoms with van der Waals surface area (Å²) in [4.78, 5) is 37.1. The summed E-state index contributed by atoms with van der Waals surface area (Å²) in [5.74, 6) is -1.06. The predicted octanol–water partition coefficient (Wildman–Crippen LogP) is 3.16. The zero-order valence-corrected chi connectivity index (χ0v) is 15.4. The van der Waals surface area contributed by atoms with Crippen molar-refractivity contribution in [1.29, 1.82) is 0 Å². The number of hydrogen-bond acceptors (Lipinski definition) is 6. The zero-order valence-electron chi connectivity index (χ0n) is 14.6. The lowest BCUT2D eigenvalue weighted by Crippen LogP contribution is -2.35. The van der Waals surface area contributed by atoms with E-state index in [1.165, 1.54) is 26.2 Å². The SMILES string of the molecule is C=C[C@H](C)N1C(=O)S/C(=C\c2cccc(OC)c2O[C@@H](C)C(=O)O)C1=O. The van der Waals surface area contributed by atoms with Gasteiger partial charge in [-0.3, -0.25) is 14.5 Å². The lowest BCUT2D eigenvalue weighted by molar-refractivity contribution is -0.144. The molecule has 2 amide bonds. The smallest absolute Gasteiger partial charge is 0.344 e. The van der Waals surface area contributed by atoms with Gasteiger partial charge in [0.25, 0.3) is 11.1 Å². The van der Waals surface area contributed by atoms with Crippen molar-refractivity contribution >= 4 is 35.0 Å². The van der Waals surface area contributed by atoms with E-state index in [0.717, 1.165) is 16.7 Å². The third kappa shape index (κ3) is 3.91. The normalized spacial score (nSPS) is 18.0. The molecule has 1 aromatic rings. The van der Waals surface area contributed by atoms with Crippen molar-refractivity contribution in [2.45, 2.75) is 26.0 Å². The summed E-state index contributed by atoms with van der Waals surface area (Å²) in [5, 5.41) is 8.69. The molecule has 0 aromatic heterocycles. The van der Waals surface area contributed by atoms with Crippen molar-refractivity contribution in [3.05, 3.63) is 41.3 Å². The Hall–Kier alpha value is -2.74. The fourth-order valence-electron chi connectivity index (χ4n) is 2.24. The van der Waals surface area contributed by atoms with E-state index >= 15 is 0 Å². The first-order valence-corrected chi connectivity index (χ1v) is 8.57. The number of carboxylic acid groups (broad SMARTS) is 1. The lowest BCUT2D eigenvalue weighted by atomic mass is 10.1. The molecule has 2 rings (SSSR count). The number of ether oxygens (including phenoxy) is 2. The average molecular weight is 377 g/mol. The Morgan fingerprint density at radius 3 is 2.62 bits per heavy atom. The molecule has 1 N–H and O–H groups in total. The first kappa shape index (κ1) is 19.6. The predicted molar refractivity (Wildman–Crippen MR) is 98.2 cm³/mol. The number of carbonyl (C=O) groups is 3. The van der Waals surface area contributed by atoms with Gasteiger partial charge in [0.2, 0.25) is 0 Å². The lowest BCUT2D eigenvalue weighted by Gasteiger charge is -2.17. The molecule has 1 heterocycles. The zero-order chi connectivity index (χ0) is 19.4. The number of rotatable bonds is 7. The minimum absolute atomic E-state index is 0.188. The van der Waals surface area contributed by atoms with Crippen molar-refractivity contribution in [2.75, 3.05) is 7.11 Å². The van der Waals surface area contributed by atoms with Crippen LogP contribution in [0.5, 0.6) is 11.5 Å². The van der Waals surface area contributed by atoms with Gasteiger partial charge in [-0.1, -0.05) is 18.2 Å². The van der Waals surface area contributed by atoms with Gasteiger partial charge in [-0.2, -0.15) is 0 Å². The van der Waals surface area contributed by atoms with Crippen molar-refractivity contribution in [3.63, 3.8) is 0 Å². The van der Waals surface area contributed by atoms with Gasteiger partial charge < -0.3 is 14.6 Å². The molecule has 1 aromatic carbocycles. The Labute approximate surface area is 155 Å². The van der Waals surface area contributed by atoms with Crippen LogP contribution in [0.1, 0.15) is 19.4 Å². The fourth-order valence-corrected chi connectivity index (χ4v) is 3.15. The van der Waals surface area contributed by atoms with E-state index in [-0.39, 0.29) is 10.7 Å². The van der Waals surface area contributed by atoms with Gasteiger partial charge in [0.1, 0.15) is 0 Å². The standard InChI is InChI=1S/C18H19NO6S/c1-5-10(2)19-16(20)14(26-18(19)23)9-12-7-6-8-13(24-4)15(12)25-11(3)17(21)22/h5-11H,1H2,2-4H3,(H,21,22)/b14-9-/t10-,11-/m0/s1. The first-order valence-electron chi connectivity index (χ1n) is 7.76. The van der Waals surface area contributed by atoms with E-state index in [4.69, 9.17) is 14.6 Å². The molecule has 8 heteroatoms. The van der Waals surface area contributed by atoms with Crippen LogP contribution in [0.3, 0.4) is 0 Å². The van der Waals surface area contributed by atoms with Crippen LogP contribution < -0.4 is 9.47 Å². The number of imide groups is 1. The average Bonchev–Trinajstić information content (AvgIpc) is 2.89. The number of carboxylic acids is 1. The van der Waals surface area contributed by atoms with E-state index in [1.807, 2.05) is 0 Å². The summed E-state index contributed by atoms with van der Waals surface area (Å²) in [6.07, 6.45) is 1.88. The molecule has 0 saturated carbocycles. The molecule has 1 saturated heterocycles. The Kier molecular flexibility index (Phi) is 6.10. The molecule has 0 bridgehead atoms. The van der Waals surface area contributed by atoms with Crippen molar-refractivity contribution in [2.24, 2.45) is 0 Å². The highest BCUT2D eigenvalue weighted by atomic mass is 32.2. The molecule has 0 unspecified atom stereocenters. The van der Waals surface area contributed by atoms with Gasteiger partial charge >= 0.3 is 5.97 Å². The number of methoxy groups -OCH3 is 1. The summed E-state index contributed by atoms with van der Waals surface area (Å²) in [5.41, 5.74) is 0.439. The highest BCUT2D eigenvalue weighted by Gasteiger charge is 2.37. The monoisotopic (exact) mass is 377 g/mol. The van der Waals surface area contributed by atoms with E-state index in [1.54, 1.807) is 25.1 Å². The molecular weight excluding hydrogens is 358 g/mol. The van der Waals surface area contributed by atoms with Crippen molar-refractivity contribution in [3.8, 4) is 11.5 Å². The number of thioether (sulfide) groups is 1. The Bertz CT molecular complexity index is 788. The molecule has 0 spiro atoms. The highest BCUT2D eigenvalue weighted by molar-refractivity contribution is 8.18. The Morgan fingerprint density at radius 2 is 2.04 bits per heavy atom. The fraction of sp³-hybridized carbons (Fsp3) is 0.278. The minimum Gasteiger partial charge on any atom is -0.493 e. The van der Waals surface area contributed by atoms with E-state index in [2.05, 4.69) is 6.58 Å². The summed E-state index contributed by atoms with van der Waals surface area (Å²) in [6, 6.07) is 4.52. The maximum Gasteiger partial charge on any atom is 0.344 e. The number of aliphatic carboxylic acids is 1. The largest absolute Gasteiger partial charge is 0.493 e. The quantitative estimate of drug-likeness (QED) is 0.576. The number of hydrogen-bond donors (Lipinski definition) is 1. The van der Waals surface area contributed by atoms with Crippen molar-refractivity contribution < 1.29 is 29.0 Å². The summed E-state index contributed by atoms with van der Waals surface area (Å²) < 4.78 is 10.7. The van der Waals surface area contributed by atoms with Gasteiger partial charge in [-0.25, -0.2) is 4.79 Å². The van der Waals surface area contributed by atoms with Gasteiger partial charge in [-0.05, 0) is 37.8 Å². The number of carbonyl (C=O) groups excluding carboxylic acids is 2. The van der Waals surface area contributed by atoms with E-state index < -0.39 is 29.3 Å². The maximum absolute atomic E-state index is 12.5. The third-order valence-corrected chi connectivity index (χ3v) is 4.61. The molecule has 0 aliphatic carbocycles. The number of nitrogens with zero attached hydrogens (tertiary/aromatic N) is 1. The van der Waals surface area contributed by atoms with Crippen molar-refractivity contribution in [1.82, 2.24) is 4.90 Å². The summed E-state index contributed by atoms with van der Waals surface area (Å²) >= 11 is 0.806. The second-order valence-corrected chi connectivity index (χ2v) is 6.50. The molecule has 1 fully saturated rings. The molecule has 2 atom stereocenters. The Balaban J connectivity index is 2.44. The summed E-state index contributed by atoms with van der Waals surface area (Å²) in [6.45, 7) is 6.68. The molecule has 1 aliphatic rings. The molecule has 1 aliphatic heterocycles. The van der Waals surface area contributed by atoms with Crippen LogP contribution in [0, 0.1) is 0 Å². The topological polar surface area (TPSA) is 93.1 Å². The minimum atomic E-state index is -1.14. The van der Waals surface area contributed by atoms with E-state index in [9.17, 15) is 14.4 Å². The molecule has 0 radical (unpaired) electrons. The van der Waals surface area contributed by atoms with Gasteiger partial charge in [0.05, 0.1) is 18.1 Å². The molecule has 26 heavy (non-hydrogen) atoms. The second kappa shape index (κ2) is 8.09. The molecule has 138 valence electrons. The van der Waals surface area contributed by atoms with Crippen LogP contribution in [0.2, 0.25) is 0 Å². The Morgan fingerprint density at radius 1 is 1.35 bits per heavy atom. The maximum atomic E-state index is 12.5. The van der Waals surface area contributed by atoms with Crippen LogP contribution in [-0.2, 0) is 9.59 Å². The first-order chi connectivity index (χ1) is 12.3. The molecular formula is C18H19NO6S. The van der Waals surface area contributed by atoms with Gasteiger partial charge in [-0.15, -0.1) is 6.58 Å². The van der Waals surface area contributed by atoms with Crippen LogP contribution in [0.25, 0.3) is 6.08 Å². The highest BCUT2D eigenvalue weighted by Crippen LogP contribution is 2.38. The summed E-state index contributed by atoms with van der Waals surface area (Å²) in [7, 11) is 1.43. The number of amides is 2. The van der Waals surface area contributed by atoms with E-state index in [0.29, 0.717) is 11.3 Å². The van der Waals surface area contributed by atoms with Crippen LogP contribution in [0.15, 0.2) is 35.8 Å². The number of benzene rings is 1. The van der Waals surface area contributed by atoms with Crippen LogP contribution >= 0.6 is 11.8 Å². The molecule has 7 nitrogen and oxygen atoms in total. The second-order valence-electron chi connectivity index (χ2n) is 5.50. The van der Waals surface area contributed by atoms with Gasteiger partial charge in [0.15, 0.2) is 17.6 Å². The third-order valence-electron chi connectivity index (χ3n) is 3.73. The van der Waals surface area contributed by atoms with Crippen LogP contribution in [-0.4, -0.2) is 46.4 Å².